The Kier molecular flexibility index (Phi) is 3.44. The molecule has 15 heavy (non-hydrogen) atoms. The zero-order chi connectivity index (χ0) is 10.8. The Morgan fingerprint density at radius 1 is 1.33 bits per heavy atom. The molecule has 0 saturated carbocycles. The summed E-state index contributed by atoms with van der Waals surface area (Å²) in [6.45, 7) is 4.45. The van der Waals surface area contributed by atoms with Gasteiger partial charge in [-0.15, -0.1) is 22.7 Å². The summed E-state index contributed by atoms with van der Waals surface area (Å²) in [6, 6.07) is 3.95. The molecule has 4 heteroatoms. The smallest absolute Gasteiger partial charge is 0.133 e. The molecule has 0 spiro atoms. The number of hydrogen-bond acceptors (Lipinski definition) is 3. The third kappa shape index (κ3) is 2.80. The van der Waals surface area contributed by atoms with E-state index in [9.17, 15) is 0 Å². The fourth-order valence-electron chi connectivity index (χ4n) is 1.35. The molecule has 0 aromatic carbocycles. The average Bonchev–Trinajstić information content (AvgIpc) is 2.72. The van der Waals surface area contributed by atoms with Crippen LogP contribution in [-0.4, -0.2) is 4.98 Å². The number of hydrogen-bond donors (Lipinski definition) is 0. The van der Waals surface area contributed by atoms with Crippen molar-refractivity contribution >= 4 is 34.3 Å². The molecule has 0 fully saturated rings. The highest BCUT2D eigenvalue weighted by Crippen LogP contribution is 2.33. The fraction of sp³-hybridized carbons (Fsp3) is 0.364. The second-order valence-electron chi connectivity index (χ2n) is 3.83. The molecular weight excluding hydrogens is 246 g/mol. The molecule has 2 aromatic rings. The minimum atomic E-state index is 0.685. The number of thiazole rings is 1. The van der Waals surface area contributed by atoms with Crippen LogP contribution < -0.4 is 0 Å². The molecule has 0 radical (unpaired) electrons. The second-order valence-corrected chi connectivity index (χ2v) is 6.66. The lowest BCUT2D eigenvalue weighted by atomic mass is 10.1. The summed E-state index contributed by atoms with van der Waals surface area (Å²) in [4.78, 5) is 6.94. The highest BCUT2D eigenvalue weighted by atomic mass is 35.5. The van der Waals surface area contributed by atoms with Gasteiger partial charge < -0.3 is 0 Å². The molecule has 0 unspecified atom stereocenters. The van der Waals surface area contributed by atoms with Gasteiger partial charge in [-0.05, 0) is 24.5 Å². The summed E-state index contributed by atoms with van der Waals surface area (Å²) in [5, 5.41) is 1.09. The van der Waals surface area contributed by atoms with Gasteiger partial charge in [-0.25, -0.2) is 4.98 Å². The molecule has 0 aliphatic rings. The van der Waals surface area contributed by atoms with Crippen LogP contribution in [0.15, 0.2) is 18.3 Å². The zero-order valence-corrected chi connectivity index (χ0v) is 11.0. The fourth-order valence-corrected chi connectivity index (χ4v) is 3.58. The van der Waals surface area contributed by atoms with E-state index >= 15 is 0 Å². The Morgan fingerprint density at radius 2 is 2.13 bits per heavy atom. The van der Waals surface area contributed by atoms with Crippen molar-refractivity contribution in [1.29, 1.82) is 0 Å². The van der Waals surface area contributed by atoms with Crippen LogP contribution in [0.4, 0.5) is 0 Å². The second kappa shape index (κ2) is 4.64. The van der Waals surface area contributed by atoms with E-state index in [0.717, 1.165) is 15.8 Å². The van der Waals surface area contributed by atoms with Gasteiger partial charge in [0, 0.05) is 11.1 Å². The Bertz CT molecular complexity index is 445. The molecule has 0 bridgehead atoms. The molecule has 0 amide bonds. The van der Waals surface area contributed by atoms with Crippen LogP contribution in [0.3, 0.4) is 0 Å². The highest BCUT2D eigenvalue weighted by molar-refractivity contribution is 7.23. The van der Waals surface area contributed by atoms with E-state index < -0.39 is 0 Å². The van der Waals surface area contributed by atoms with Crippen LogP contribution in [0.1, 0.15) is 18.7 Å². The molecule has 1 nitrogen and oxygen atoms in total. The van der Waals surface area contributed by atoms with E-state index in [1.807, 2.05) is 18.3 Å². The molecule has 0 N–H and O–H groups in total. The van der Waals surface area contributed by atoms with Crippen molar-refractivity contribution in [2.75, 3.05) is 0 Å². The molecule has 0 saturated heterocycles. The number of aromatic nitrogens is 1. The van der Waals surface area contributed by atoms with Gasteiger partial charge in [-0.3, -0.25) is 0 Å². The van der Waals surface area contributed by atoms with Gasteiger partial charge in [0.2, 0.25) is 0 Å². The maximum absolute atomic E-state index is 5.90. The first-order valence-electron chi connectivity index (χ1n) is 4.85. The SMILES string of the molecule is CC(C)Cc1cnc(-c2ccc(Cl)s2)s1. The molecule has 0 atom stereocenters. The van der Waals surface area contributed by atoms with E-state index in [1.165, 1.54) is 9.75 Å². The first-order valence-corrected chi connectivity index (χ1v) is 6.86. The van der Waals surface area contributed by atoms with Crippen molar-refractivity contribution in [3.63, 3.8) is 0 Å². The monoisotopic (exact) mass is 257 g/mol. The van der Waals surface area contributed by atoms with Gasteiger partial charge in [0.25, 0.3) is 0 Å². The van der Waals surface area contributed by atoms with Crippen molar-refractivity contribution < 1.29 is 0 Å². The topological polar surface area (TPSA) is 12.9 Å². The average molecular weight is 258 g/mol. The van der Waals surface area contributed by atoms with Crippen molar-refractivity contribution in [3.05, 3.63) is 27.5 Å². The quantitative estimate of drug-likeness (QED) is 0.775. The Morgan fingerprint density at radius 3 is 2.73 bits per heavy atom. The molecule has 2 aromatic heterocycles. The normalized spacial score (nSPS) is 11.2. The van der Waals surface area contributed by atoms with Crippen LogP contribution in [0.25, 0.3) is 9.88 Å². The van der Waals surface area contributed by atoms with Crippen molar-refractivity contribution in [3.8, 4) is 9.88 Å². The van der Waals surface area contributed by atoms with E-state index in [2.05, 4.69) is 18.8 Å². The maximum Gasteiger partial charge on any atom is 0.133 e. The Labute approximate surface area is 103 Å². The minimum Gasteiger partial charge on any atom is -0.243 e. The molecule has 2 heterocycles. The maximum atomic E-state index is 5.90. The predicted octanol–water partition coefficient (Wildman–Crippen LogP) is 4.72. The van der Waals surface area contributed by atoms with Crippen LogP contribution in [0.2, 0.25) is 4.34 Å². The Balaban J connectivity index is 2.20. The molecular formula is C11H12ClNS2. The molecule has 0 aliphatic heterocycles. The van der Waals surface area contributed by atoms with E-state index in [1.54, 1.807) is 22.7 Å². The third-order valence-electron chi connectivity index (χ3n) is 1.95. The summed E-state index contributed by atoms with van der Waals surface area (Å²) in [6.07, 6.45) is 3.09. The van der Waals surface area contributed by atoms with Crippen molar-refractivity contribution in [1.82, 2.24) is 4.98 Å². The van der Waals surface area contributed by atoms with Crippen LogP contribution in [0, 0.1) is 5.92 Å². The summed E-state index contributed by atoms with van der Waals surface area (Å²) < 4.78 is 0.825. The zero-order valence-electron chi connectivity index (χ0n) is 8.66. The van der Waals surface area contributed by atoms with Gasteiger partial charge in [0.05, 0.1) is 9.21 Å². The number of nitrogens with zero attached hydrogens (tertiary/aromatic N) is 1. The number of thiophene rings is 1. The first-order chi connectivity index (χ1) is 7.15. The van der Waals surface area contributed by atoms with Gasteiger partial charge in [0.1, 0.15) is 5.01 Å². The number of halogens is 1. The van der Waals surface area contributed by atoms with Crippen molar-refractivity contribution in [2.45, 2.75) is 20.3 Å². The van der Waals surface area contributed by atoms with E-state index in [0.29, 0.717) is 5.92 Å². The van der Waals surface area contributed by atoms with Crippen LogP contribution in [0.5, 0.6) is 0 Å². The Hall–Kier alpha value is -0.380. The van der Waals surface area contributed by atoms with E-state index in [4.69, 9.17) is 11.6 Å². The van der Waals surface area contributed by atoms with Gasteiger partial charge in [0.15, 0.2) is 0 Å². The van der Waals surface area contributed by atoms with Crippen molar-refractivity contribution in [2.24, 2.45) is 5.92 Å². The molecule has 0 aliphatic carbocycles. The molecule has 80 valence electrons. The summed E-state index contributed by atoms with van der Waals surface area (Å²) in [5.41, 5.74) is 0. The van der Waals surface area contributed by atoms with Gasteiger partial charge >= 0.3 is 0 Å². The summed E-state index contributed by atoms with van der Waals surface area (Å²) in [5.74, 6) is 0.685. The van der Waals surface area contributed by atoms with Gasteiger partial charge in [-0.1, -0.05) is 25.4 Å². The highest BCUT2D eigenvalue weighted by Gasteiger charge is 2.08. The van der Waals surface area contributed by atoms with E-state index in [-0.39, 0.29) is 0 Å². The predicted molar refractivity (Wildman–Crippen MR) is 69.0 cm³/mol. The van der Waals surface area contributed by atoms with Crippen LogP contribution in [-0.2, 0) is 6.42 Å². The van der Waals surface area contributed by atoms with Crippen LogP contribution >= 0.6 is 34.3 Å². The largest absolute Gasteiger partial charge is 0.243 e. The number of rotatable bonds is 3. The lowest BCUT2D eigenvalue weighted by Gasteiger charge is -1.98. The minimum absolute atomic E-state index is 0.685. The first kappa shape index (κ1) is 11.1. The lowest BCUT2D eigenvalue weighted by Crippen LogP contribution is -1.89. The lowest BCUT2D eigenvalue weighted by molar-refractivity contribution is 0.653. The standard InChI is InChI=1S/C11H12ClNS2/c1-7(2)5-8-6-13-11(14-8)9-3-4-10(12)15-9/h3-4,6-7H,5H2,1-2H3. The van der Waals surface area contributed by atoms with Gasteiger partial charge in [-0.2, -0.15) is 0 Å². The summed E-state index contributed by atoms with van der Waals surface area (Å²) >= 11 is 9.25. The summed E-state index contributed by atoms with van der Waals surface area (Å²) in [7, 11) is 0. The molecule has 2 rings (SSSR count). The third-order valence-corrected chi connectivity index (χ3v) is 4.37.